The minimum Gasteiger partial charge on any atom is -0.495 e. The third-order valence-electron chi connectivity index (χ3n) is 3.11. The quantitative estimate of drug-likeness (QED) is 0.826. The van der Waals surface area contributed by atoms with Gasteiger partial charge in [0.05, 0.1) is 18.6 Å². The van der Waals surface area contributed by atoms with E-state index < -0.39 is 10.0 Å². The van der Waals surface area contributed by atoms with Crippen LogP contribution in [0.3, 0.4) is 0 Å². The molecule has 108 valence electrons. The number of aliphatic hydroxyl groups excluding tert-OH is 1. The fourth-order valence-electron chi connectivity index (χ4n) is 2.16. The van der Waals surface area contributed by atoms with Gasteiger partial charge in [-0.15, -0.1) is 0 Å². The molecule has 1 N–H and O–H groups in total. The fourth-order valence-corrected chi connectivity index (χ4v) is 3.80. The van der Waals surface area contributed by atoms with E-state index in [1.54, 1.807) is 18.2 Å². The Morgan fingerprint density at radius 2 is 2.20 bits per heavy atom. The van der Waals surface area contributed by atoms with Crippen LogP contribution in [0.5, 0.6) is 5.75 Å². The highest BCUT2D eigenvalue weighted by Gasteiger charge is 2.28. The molecule has 2 rings (SSSR count). The van der Waals surface area contributed by atoms with E-state index in [1.807, 2.05) is 0 Å². The van der Waals surface area contributed by atoms with Crippen LogP contribution in [-0.2, 0) is 10.0 Å². The first-order valence-electron chi connectivity index (χ1n) is 6.36. The molecule has 6 heteroatoms. The largest absolute Gasteiger partial charge is 0.495 e. The zero-order valence-electron chi connectivity index (χ0n) is 11.3. The van der Waals surface area contributed by atoms with Gasteiger partial charge in [0.25, 0.3) is 0 Å². The van der Waals surface area contributed by atoms with E-state index in [0.717, 1.165) is 6.42 Å². The van der Waals surface area contributed by atoms with Crippen LogP contribution >= 0.6 is 0 Å². The van der Waals surface area contributed by atoms with Crippen LogP contribution in [0.4, 0.5) is 5.69 Å². The van der Waals surface area contributed by atoms with Gasteiger partial charge in [0, 0.05) is 12.1 Å². The molecule has 0 saturated carbocycles. The Labute approximate surface area is 119 Å². The van der Waals surface area contributed by atoms with Crippen molar-refractivity contribution in [3.63, 3.8) is 0 Å². The first-order valence-corrected chi connectivity index (χ1v) is 7.97. The summed E-state index contributed by atoms with van der Waals surface area (Å²) in [5.74, 6) is 5.99. The van der Waals surface area contributed by atoms with Crippen LogP contribution in [0.25, 0.3) is 0 Å². The molecule has 1 aromatic rings. The molecule has 1 heterocycles. The summed E-state index contributed by atoms with van der Waals surface area (Å²) in [7, 11) is -1.78. The van der Waals surface area contributed by atoms with Gasteiger partial charge in [-0.2, -0.15) is 0 Å². The zero-order valence-corrected chi connectivity index (χ0v) is 12.1. The molecule has 0 aromatic heterocycles. The molecule has 1 aromatic carbocycles. The highest BCUT2D eigenvalue weighted by molar-refractivity contribution is 7.92. The number of benzene rings is 1. The summed E-state index contributed by atoms with van der Waals surface area (Å²) in [6.45, 7) is 0.221. The molecule has 0 bridgehead atoms. The topological polar surface area (TPSA) is 66.8 Å². The summed E-state index contributed by atoms with van der Waals surface area (Å²) < 4.78 is 31.0. The zero-order chi connectivity index (χ0) is 14.6. The molecule has 0 unspecified atom stereocenters. The maximum Gasteiger partial charge on any atom is 0.235 e. The predicted octanol–water partition coefficient (Wildman–Crippen LogP) is 0.969. The molecule has 1 fully saturated rings. The van der Waals surface area contributed by atoms with Crippen molar-refractivity contribution in [2.24, 2.45) is 0 Å². The summed E-state index contributed by atoms with van der Waals surface area (Å²) >= 11 is 0. The number of hydrogen-bond acceptors (Lipinski definition) is 4. The van der Waals surface area contributed by atoms with Crippen molar-refractivity contribution in [1.29, 1.82) is 0 Å². The van der Waals surface area contributed by atoms with Crippen LogP contribution < -0.4 is 9.04 Å². The standard InChI is InChI=1S/C14H17NO4S/c1-19-14-7-6-12(5-4-9-16)11-13(14)15-8-2-3-10-20(15,17)18/h6-7,11,16H,2-3,8-10H2,1H3. The number of rotatable bonds is 2. The molecular weight excluding hydrogens is 278 g/mol. The number of ether oxygens (including phenoxy) is 1. The third-order valence-corrected chi connectivity index (χ3v) is 4.96. The third kappa shape index (κ3) is 3.06. The van der Waals surface area contributed by atoms with Crippen molar-refractivity contribution in [2.75, 3.05) is 30.3 Å². The van der Waals surface area contributed by atoms with Crippen molar-refractivity contribution >= 4 is 15.7 Å². The predicted molar refractivity (Wildman–Crippen MR) is 77.3 cm³/mol. The van der Waals surface area contributed by atoms with Crippen molar-refractivity contribution < 1.29 is 18.3 Å². The van der Waals surface area contributed by atoms with Crippen LogP contribution in [0.15, 0.2) is 18.2 Å². The highest BCUT2D eigenvalue weighted by Crippen LogP contribution is 2.33. The SMILES string of the molecule is COc1ccc(C#CCO)cc1N1CCCCS1(=O)=O. The highest BCUT2D eigenvalue weighted by atomic mass is 32.2. The Balaban J connectivity index is 2.47. The van der Waals surface area contributed by atoms with Gasteiger partial charge in [0.15, 0.2) is 0 Å². The second-order valence-electron chi connectivity index (χ2n) is 4.44. The average Bonchev–Trinajstić information content (AvgIpc) is 2.44. The van der Waals surface area contributed by atoms with E-state index in [4.69, 9.17) is 9.84 Å². The molecule has 20 heavy (non-hydrogen) atoms. The smallest absolute Gasteiger partial charge is 0.235 e. The second-order valence-corrected chi connectivity index (χ2v) is 6.45. The molecule has 0 atom stereocenters. The fraction of sp³-hybridized carbons (Fsp3) is 0.429. The molecule has 5 nitrogen and oxygen atoms in total. The number of methoxy groups -OCH3 is 1. The van der Waals surface area contributed by atoms with E-state index in [1.165, 1.54) is 11.4 Å². The van der Waals surface area contributed by atoms with E-state index in [9.17, 15) is 8.42 Å². The van der Waals surface area contributed by atoms with Gasteiger partial charge >= 0.3 is 0 Å². The summed E-state index contributed by atoms with van der Waals surface area (Å²) in [5.41, 5.74) is 1.16. The lowest BCUT2D eigenvalue weighted by Gasteiger charge is -2.29. The average molecular weight is 295 g/mol. The molecule has 1 aliphatic heterocycles. The Morgan fingerprint density at radius 3 is 2.85 bits per heavy atom. The number of nitrogens with zero attached hydrogens (tertiary/aromatic N) is 1. The second kappa shape index (κ2) is 6.16. The molecule has 0 aliphatic carbocycles. The Hall–Kier alpha value is -1.71. The van der Waals surface area contributed by atoms with Crippen LogP contribution in [0.2, 0.25) is 0 Å². The minimum absolute atomic E-state index is 0.155. The molecule has 0 spiro atoms. The minimum atomic E-state index is -3.29. The van der Waals surface area contributed by atoms with Crippen LogP contribution in [0.1, 0.15) is 18.4 Å². The molecule has 0 amide bonds. The first-order chi connectivity index (χ1) is 9.58. The molecular formula is C14H17NO4S. The number of anilines is 1. The first kappa shape index (κ1) is 14.7. The number of aliphatic hydroxyl groups is 1. The summed E-state index contributed by atoms with van der Waals surface area (Å²) in [4.78, 5) is 0. The van der Waals surface area contributed by atoms with Crippen molar-refractivity contribution in [3.8, 4) is 17.6 Å². The van der Waals surface area contributed by atoms with E-state index >= 15 is 0 Å². The number of hydrogen-bond donors (Lipinski definition) is 1. The van der Waals surface area contributed by atoms with Gasteiger partial charge in [-0.3, -0.25) is 4.31 Å². The summed E-state index contributed by atoms with van der Waals surface area (Å²) in [5, 5.41) is 8.72. The normalized spacial score (nSPS) is 17.2. The van der Waals surface area contributed by atoms with Gasteiger partial charge in [-0.25, -0.2) is 8.42 Å². The van der Waals surface area contributed by atoms with Crippen molar-refractivity contribution in [1.82, 2.24) is 0 Å². The van der Waals surface area contributed by atoms with E-state index in [0.29, 0.717) is 30.0 Å². The molecule has 1 aliphatic rings. The molecule has 0 radical (unpaired) electrons. The Kier molecular flexibility index (Phi) is 4.53. The van der Waals surface area contributed by atoms with Gasteiger partial charge in [0.1, 0.15) is 12.4 Å². The Bertz CT molecular complexity index is 643. The lowest BCUT2D eigenvalue weighted by molar-refractivity contribution is 0.350. The van der Waals surface area contributed by atoms with Gasteiger partial charge < -0.3 is 9.84 Å². The lowest BCUT2D eigenvalue weighted by atomic mass is 10.2. The van der Waals surface area contributed by atoms with E-state index in [2.05, 4.69) is 11.8 Å². The maximum atomic E-state index is 12.2. The van der Waals surface area contributed by atoms with Crippen molar-refractivity contribution in [2.45, 2.75) is 12.8 Å². The molecule has 1 saturated heterocycles. The maximum absolute atomic E-state index is 12.2. The van der Waals surface area contributed by atoms with Gasteiger partial charge in [-0.05, 0) is 31.0 Å². The van der Waals surface area contributed by atoms with E-state index in [-0.39, 0.29) is 12.4 Å². The number of sulfonamides is 1. The lowest BCUT2D eigenvalue weighted by Crippen LogP contribution is -2.38. The van der Waals surface area contributed by atoms with Crippen LogP contribution in [-0.4, -0.2) is 39.5 Å². The summed E-state index contributed by atoms with van der Waals surface area (Å²) in [6, 6.07) is 5.12. The summed E-state index contributed by atoms with van der Waals surface area (Å²) in [6.07, 6.45) is 1.51. The Morgan fingerprint density at radius 1 is 1.40 bits per heavy atom. The van der Waals surface area contributed by atoms with Crippen molar-refractivity contribution in [3.05, 3.63) is 23.8 Å². The van der Waals surface area contributed by atoms with Crippen LogP contribution in [0, 0.1) is 11.8 Å². The van der Waals surface area contributed by atoms with Gasteiger partial charge in [-0.1, -0.05) is 11.8 Å². The van der Waals surface area contributed by atoms with Gasteiger partial charge in [0.2, 0.25) is 10.0 Å². The monoisotopic (exact) mass is 295 g/mol.